The van der Waals surface area contributed by atoms with Crippen LogP contribution in [-0.4, -0.2) is 34.0 Å². The molecule has 3 aromatic carbocycles. The molecule has 2 aromatic heterocycles. The number of fused-ring (bicyclic) bond motifs is 2. The molecule has 38 heavy (non-hydrogen) atoms. The third-order valence-electron chi connectivity index (χ3n) is 5.62. The summed E-state index contributed by atoms with van der Waals surface area (Å²) in [6.07, 6.45) is 2.81. The summed E-state index contributed by atoms with van der Waals surface area (Å²) < 4.78 is 18.2. The molecule has 0 saturated carbocycles. The monoisotopic (exact) mass is 510 g/mol. The number of nitro groups is 1. The molecule has 0 unspecified atom stereocenters. The summed E-state index contributed by atoms with van der Waals surface area (Å²) in [4.78, 5) is 29.4. The second kappa shape index (κ2) is 10.4. The highest BCUT2D eigenvalue weighted by Crippen LogP contribution is 2.38. The van der Waals surface area contributed by atoms with Crippen molar-refractivity contribution in [2.45, 2.75) is 6.92 Å². The van der Waals surface area contributed by atoms with Crippen LogP contribution >= 0.6 is 0 Å². The molecular formula is C28H22N4O6. The van der Waals surface area contributed by atoms with Gasteiger partial charge in [0, 0.05) is 17.0 Å². The highest BCUT2D eigenvalue weighted by molar-refractivity contribution is 5.85. The van der Waals surface area contributed by atoms with E-state index in [0.29, 0.717) is 27.8 Å². The van der Waals surface area contributed by atoms with E-state index in [1.807, 2.05) is 24.3 Å². The summed E-state index contributed by atoms with van der Waals surface area (Å²) in [5.41, 5.74) is 0.708. The molecule has 0 aliphatic rings. The van der Waals surface area contributed by atoms with Crippen LogP contribution in [0.2, 0.25) is 0 Å². The molecule has 10 nitrogen and oxygen atoms in total. The van der Waals surface area contributed by atoms with E-state index < -0.39 is 10.5 Å². The topological polar surface area (TPSA) is 122 Å². The van der Waals surface area contributed by atoms with Crippen molar-refractivity contribution in [1.82, 2.24) is 9.66 Å². The fourth-order valence-corrected chi connectivity index (χ4v) is 3.98. The highest BCUT2D eigenvalue weighted by Gasteiger charge is 2.22. The molecule has 0 N–H and O–H groups in total. The Kier molecular flexibility index (Phi) is 6.68. The lowest BCUT2D eigenvalue weighted by Crippen LogP contribution is -2.20. The number of ether oxygens (including phenoxy) is 2. The predicted molar refractivity (Wildman–Crippen MR) is 144 cm³/mol. The molecule has 0 atom stereocenters. The fraction of sp³-hybridized carbons (Fsp3) is 0.107. The minimum atomic E-state index is -0.568. The Labute approximate surface area is 216 Å². The number of hydrogen-bond acceptors (Lipinski definition) is 8. The van der Waals surface area contributed by atoms with E-state index in [1.165, 1.54) is 18.4 Å². The average Bonchev–Trinajstić information content (AvgIpc) is 3.36. The van der Waals surface area contributed by atoms with Crippen molar-refractivity contribution in [2.75, 3.05) is 13.2 Å². The van der Waals surface area contributed by atoms with Gasteiger partial charge in [-0.1, -0.05) is 43.0 Å². The summed E-state index contributed by atoms with van der Waals surface area (Å²) in [5, 5.41) is 17.4. The summed E-state index contributed by atoms with van der Waals surface area (Å²) in [7, 11) is 0. The molecule has 10 heteroatoms. The maximum atomic E-state index is 13.5. The molecule has 0 aliphatic carbocycles. The molecule has 0 aliphatic heterocycles. The number of furan rings is 1. The molecular weight excluding hydrogens is 488 g/mol. The Bertz CT molecular complexity index is 1740. The van der Waals surface area contributed by atoms with Gasteiger partial charge in [0.25, 0.3) is 5.56 Å². The predicted octanol–water partition coefficient (Wildman–Crippen LogP) is 5.56. The van der Waals surface area contributed by atoms with Crippen LogP contribution in [0.5, 0.6) is 11.5 Å². The molecule has 0 spiro atoms. The number of nitrogens with zero attached hydrogens (tertiary/aromatic N) is 4. The Morgan fingerprint density at radius 2 is 1.92 bits per heavy atom. The average molecular weight is 511 g/mol. The van der Waals surface area contributed by atoms with E-state index in [0.717, 1.165) is 10.1 Å². The number of benzene rings is 3. The normalized spacial score (nSPS) is 11.3. The maximum absolute atomic E-state index is 13.5. The Hall–Kier alpha value is -5.25. The molecule has 190 valence electrons. The minimum Gasteiger partial charge on any atom is -0.490 e. The molecule has 2 heterocycles. The molecule has 0 fully saturated rings. The lowest BCUT2D eigenvalue weighted by atomic mass is 10.2. The van der Waals surface area contributed by atoms with Gasteiger partial charge in [-0.25, -0.2) is 4.98 Å². The van der Waals surface area contributed by atoms with Crippen molar-refractivity contribution in [3.8, 4) is 23.1 Å². The minimum absolute atomic E-state index is 0.0126. The summed E-state index contributed by atoms with van der Waals surface area (Å²) >= 11 is 0. The van der Waals surface area contributed by atoms with Crippen LogP contribution in [0.25, 0.3) is 33.5 Å². The van der Waals surface area contributed by atoms with E-state index in [2.05, 4.69) is 16.7 Å². The van der Waals surface area contributed by atoms with Crippen molar-refractivity contribution in [2.24, 2.45) is 5.10 Å². The van der Waals surface area contributed by atoms with Gasteiger partial charge in [-0.05, 0) is 37.3 Å². The van der Waals surface area contributed by atoms with Crippen LogP contribution in [0.15, 0.2) is 93.7 Å². The standard InChI is InChI=1S/C28H22N4O6/c1-3-13-37-26-22(32(34)35)14-18(15-24(26)36-4-2)17-29-31-27(25-16-19-9-5-8-12-23(19)38-25)30-21-11-7-6-10-20(21)28(31)33/h3,5-12,14-17H,1,4,13H2,2H3. The largest absolute Gasteiger partial charge is 0.490 e. The SMILES string of the molecule is C=CCOc1c(OCC)cc(C=Nn2c(-c3cc4ccccc4o3)nc3ccccc3c2=O)cc1[N+](=O)[O-]. The zero-order valence-corrected chi connectivity index (χ0v) is 20.4. The lowest BCUT2D eigenvalue weighted by molar-refractivity contribution is -0.385. The first kappa shape index (κ1) is 24.4. The fourth-order valence-electron chi connectivity index (χ4n) is 3.98. The number of rotatable bonds is 9. The van der Waals surface area contributed by atoms with Gasteiger partial charge in [0.15, 0.2) is 11.5 Å². The third kappa shape index (κ3) is 4.62. The van der Waals surface area contributed by atoms with E-state index in [9.17, 15) is 14.9 Å². The Balaban J connectivity index is 1.68. The number of hydrogen-bond donors (Lipinski definition) is 0. The smallest absolute Gasteiger partial charge is 0.315 e. The number of nitro benzene ring substituents is 1. The zero-order chi connectivity index (χ0) is 26.6. The van der Waals surface area contributed by atoms with E-state index in [1.54, 1.807) is 43.3 Å². The second-order valence-electron chi connectivity index (χ2n) is 8.12. The van der Waals surface area contributed by atoms with Crippen LogP contribution in [0.3, 0.4) is 0 Å². The molecule has 0 bridgehead atoms. The van der Waals surface area contributed by atoms with Crippen molar-refractivity contribution < 1.29 is 18.8 Å². The molecule has 0 amide bonds. The lowest BCUT2D eigenvalue weighted by Gasteiger charge is -2.12. The van der Waals surface area contributed by atoms with Gasteiger partial charge in [0.05, 0.1) is 28.6 Å². The van der Waals surface area contributed by atoms with Gasteiger partial charge < -0.3 is 13.9 Å². The second-order valence-corrected chi connectivity index (χ2v) is 8.12. The Morgan fingerprint density at radius 3 is 2.68 bits per heavy atom. The first-order valence-electron chi connectivity index (χ1n) is 11.7. The van der Waals surface area contributed by atoms with Gasteiger partial charge in [0.1, 0.15) is 12.2 Å². The van der Waals surface area contributed by atoms with Gasteiger partial charge >= 0.3 is 5.69 Å². The molecule has 5 aromatic rings. The maximum Gasteiger partial charge on any atom is 0.315 e. The van der Waals surface area contributed by atoms with Crippen molar-refractivity contribution in [3.05, 3.63) is 105 Å². The summed E-state index contributed by atoms with van der Waals surface area (Å²) in [6.45, 7) is 5.65. The van der Waals surface area contributed by atoms with Crippen LogP contribution in [0.1, 0.15) is 12.5 Å². The van der Waals surface area contributed by atoms with Crippen LogP contribution < -0.4 is 15.0 Å². The number of para-hydroxylation sites is 2. The van der Waals surface area contributed by atoms with Gasteiger partial charge in [-0.15, -0.1) is 0 Å². The van der Waals surface area contributed by atoms with Crippen molar-refractivity contribution in [3.63, 3.8) is 0 Å². The number of aromatic nitrogens is 2. The first-order chi connectivity index (χ1) is 18.5. The van der Waals surface area contributed by atoms with E-state index in [-0.39, 0.29) is 36.2 Å². The third-order valence-corrected chi connectivity index (χ3v) is 5.62. The van der Waals surface area contributed by atoms with Crippen LogP contribution in [-0.2, 0) is 0 Å². The van der Waals surface area contributed by atoms with E-state index >= 15 is 0 Å². The quantitative estimate of drug-likeness (QED) is 0.110. The van der Waals surface area contributed by atoms with Crippen LogP contribution in [0, 0.1) is 10.1 Å². The van der Waals surface area contributed by atoms with Crippen LogP contribution in [0.4, 0.5) is 5.69 Å². The van der Waals surface area contributed by atoms with Gasteiger partial charge in [-0.3, -0.25) is 14.9 Å². The molecule has 0 radical (unpaired) electrons. The Morgan fingerprint density at radius 1 is 1.13 bits per heavy atom. The molecule has 0 saturated heterocycles. The first-order valence-corrected chi connectivity index (χ1v) is 11.7. The van der Waals surface area contributed by atoms with Crippen molar-refractivity contribution in [1.29, 1.82) is 0 Å². The summed E-state index contributed by atoms with van der Waals surface area (Å²) in [6, 6.07) is 19.0. The van der Waals surface area contributed by atoms with Crippen molar-refractivity contribution >= 4 is 33.8 Å². The zero-order valence-electron chi connectivity index (χ0n) is 20.4. The highest BCUT2D eigenvalue weighted by atomic mass is 16.6. The van der Waals surface area contributed by atoms with Gasteiger partial charge in [0.2, 0.25) is 11.6 Å². The van der Waals surface area contributed by atoms with E-state index in [4.69, 9.17) is 13.9 Å². The summed E-state index contributed by atoms with van der Waals surface area (Å²) in [5.74, 6) is 0.694. The van der Waals surface area contributed by atoms with Gasteiger partial charge in [-0.2, -0.15) is 9.78 Å². The molecule has 5 rings (SSSR count).